The minimum absolute atomic E-state index is 0.109. The molecule has 2 N–H and O–H groups in total. The molecule has 0 aromatic carbocycles. The van der Waals surface area contributed by atoms with Crippen molar-refractivity contribution in [1.29, 1.82) is 0 Å². The summed E-state index contributed by atoms with van der Waals surface area (Å²) in [6, 6.07) is 0. The van der Waals surface area contributed by atoms with Crippen molar-refractivity contribution in [1.82, 2.24) is 25.1 Å². The number of hydrogen-bond acceptors (Lipinski definition) is 5. The molecule has 29 heavy (non-hydrogen) atoms. The van der Waals surface area contributed by atoms with Gasteiger partial charge < -0.3 is 10.2 Å². The van der Waals surface area contributed by atoms with Gasteiger partial charge in [0.05, 0.1) is 5.69 Å². The molecule has 2 aromatic rings. The van der Waals surface area contributed by atoms with Gasteiger partial charge in [-0.3, -0.25) is 14.5 Å². The van der Waals surface area contributed by atoms with Gasteiger partial charge in [-0.25, -0.2) is 4.98 Å². The van der Waals surface area contributed by atoms with Crippen LogP contribution in [0.4, 0.5) is 5.95 Å². The highest BCUT2D eigenvalue weighted by Crippen LogP contribution is 2.27. The van der Waals surface area contributed by atoms with E-state index in [4.69, 9.17) is 4.98 Å². The Balaban J connectivity index is 1.66. The predicted molar refractivity (Wildman–Crippen MR) is 118 cm³/mol. The molecule has 3 heterocycles. The molecule has 2 aliphatic rings. The molecule has 2 fully saturated rings. The molecule has 1 saturated carbocycles. The van der Waals surface area contributed by atoms with Crippen LogP contribution in [0, 0.1) is 11.8 Å². The average Bonchev–Trinajstić information content (AvgIpc) is 3.05. The highest BCUT2D eigenvalue weighted by Gasteiger charge is 2.24. The number of fused-ring (bicyclic) bond motifs is 1. The topological polar surface area (TPSA) is 78.8 Å². The molecular weight excluding hydrogens is 364 g/mol. The molecule has 7 nitrogen and oxygen atoms in total. The van der Waals surface area contributed by atoms with E-state index in [1.54, 1.807) is 0 Å². The molecule has 0 radical (unpaired) electrons. The lowest BCUT2D eigenvalue weighted by Crippen LogP contribution is -2.40. The van der Waals surface area contributed by atoms with Crippen molar-refractivity contribution < 1.29 is 0 Å². The van der Waals surface area contributed by atoms with E-state index >= 15 is 0 Å². The van der Waals surface area contributed by atoms with Crippen molar-refractivity contribution in [3.8, 4) is 0 Å². The smallest absolute Gasteiger partial charge is 0.280 e. The molecular formula is C22H36N6O. The second-order valence-corrected chi connectivity index (χ2v) is 9.01. The zero-order valence-corrected chi connectivity index (χ0v) is 18.0. The number of H-pyrrole nitrogens is 1. The Morgan fingerprint density at radius 2 is 1.72 bits per heavy atom. The Bertz CT molecular complexity index is 840. The lowest BCUT2D eigenvalue weighted by Gasteiger charge is -2.34. The van der Waals surface area contributed by atoms with Gasteiger partial charge >= 0.3 is 0 Å². The van der Waals surface area contributed by atoms with E-state index in [2.05, 4.69) is 27.2 Å². The molecule has 0 unspecified atom stereocenters. The van der Waals surface area contributed by atoms with Crippen molar-refractivity contribution in [3.05, 3.63) is 16.0 Å². The summed E-state index contributed by atoms with van der Waals surface area (Å²) in [7, 11) is 1.92. The fourth-order valence-corrected chi connectivity index (χ4v) is 5.08. The minimum atomic E-state index is -0.109. The Kier molecular flexibility index (Phi) is 6.53. The van der Waals surface area contributed by atoms with Crippen LogP contribution in [0.15, 0.2) is 4.79 Å². The first-order chi connectivity index (χ1) is 14.2. The van der Waals surface area contributed by atoms with Crippen LogP contribution < -0.4 is 15.8 Å². The maximum Gasteiger partial charge on any atom is 0.280 e. The first-order valence-electron chi connectivity index (χ1n) is 11.6. The van der Waals surface area contributed by atoms with Crippen LogP contribution in [-0.4, -0.2) is 45.9 Å². The fraction of sp³-hybridized carbons (Fsp3) is 0.773. The van der Waals surface area contributed by atoms with E-state index in [0.29, 0.717) is 17.4 Å². The van der Waals surface area contributed by atoms with E-state index in [-0.39, 0.29) is 5.56 Å². The number of nitrogens with one attached hydrogen (secondary N) is 2. The third-order valence-corrected chi connectivity index (χ3v) is 6.72. The van der Waals surface area contributed by atoms with Crippen LogP contribution in [0.3, 0.4) is 0 Å². The lowest BCUT2D eigenvalue weighted by atomic mass is 9.88. The molecule has 7 heteroatoms. The molecule has 0 spiro atoms. The Morgan fingerprint density at radius 3 is 2.41 bits per heavy atom. The third kappa shape index (κ3) is 4.65. The van der Waals surface area contributed by atoms with E-state index in [0.717, 1.165) is 56.2 Å². The quantitative estimate of drug-likeness (QED) is 0.747. The molecule has 160 valence electrons. The first kappa shape index (κ1) is 20.4. The SMILES string of the molecule is CCCc1c2nc(N(CC3CCCCC3)CC3CCNCC3)[nH]c(=O)c2nn1C. The Morgan fingerprint density at radius 1 is 1.03 bits per heavy atom. The standard InChI is InChI=1S/C22H36N6O/c1-3-7-18-19-20(26-27(18)2)21(29)25-22(24-19)28(14-16-8-5-4-6-9-16)15-17-10-12-23-13-11-17/h16-17,23H,3-15H2,1-2H3,(H,24,25,29). The number of aromatic nitrogens is 4. The summed E-state index contributed by atoms with van der Waals surface area (Å²) in [5.41, 5.74) is 2.21. The third-order valence-electron chi connectivity index (χ3n) is 6.72. The zero-order chi connectivity index (χ0) is 20.2. The van der Waals surface area contributed by atoms with Crippen molar-refractivity contribution >= 4 is 17.0 Å². The van der Waals surface area contributed by atoms with Crippen molar-refractivity contribution in [2.75, 3.05) is 31.1 Å². The van der Waals surface area contributed by atoms with Crippen molar-refractivity contribution in [3.63, 3.8) is 0 Å². The number of anilines is 1. The summed E-state index contributed by atoms with van der Waals surface area (Å²) in [5, 5.41) is 7.91. The zero-order valence-electron chi connectivity index (χ0n) is 18.0. The first-order valence-corrected chi connectivity index (χ1v) is 11.6. The van der Waals surface area contributed by atoms with Gasteiger partial charge in [-0.1, -0.05) is 32.6 Å². The van der Waals surface area contributed by atoms with Crippen molar-refractivity contribution in [2.24, 2.45) is 18.9 Å². The molecule has 4 rings (SSSR count). The molecule has 1 saturated heterocycles. The van der Waals surface area contributed by atoms with Crippen LogP contribution in [0.1, 0.15) is 64.0 Å². The summed E-state index contributed by atoms with van der Waals surface area (Å²) >= 11 is 0. The Labute approximate surface area is 173 Å². The van der Waals surface area contributed by atoms with Crippen LogP contribution >= 0.6 is 0 Å². The summed E-state index contributed by atoms with van der Waals surface area (Å²) in [5.74, 6) is 2.11. The van der Waals surface area contributed by atoms with Gasteiger partial charge in [0.25, 0.3) is 5.56 Å². The second-order valence-electron chi connectivity index (χ2n) is 9.01. The molecule has 1 aliphatic heterocycles. The minimum Gasteiger partial charge on any atom is -0.342 e. The molecule has 0 atom stereocenters. The van der Waals surface area contributed by atoms with Gasteiger partial charge in [-0.2, -0.15) is 5.10 Å². The van der Waals surface area contributed by atoms with Gasteiger partial charge in [0, 0.05) is 20.1 Å². The van der Waals surface area contributed by atoms with Gasteiger partial charge in [0.1, 0.15) is 5.52 Å². The van der Waals surface area contributed by atoms with Gasteiger partial charge in [0.15, 0.2) is 5.52 Å². The summed E-state index contributed by atoms with van der Waals surface area (Å²) in [6.45, 7) is 6.32. The molecule has 2 aromatic heterocycles. The molecule has 0 bridgehead atoms. The van der Waals surface area contributed by atoms with Gasteiger partial charge in [-0.05, 0) is 57.0 Å². The van der Waals surface area contributed by atoms with Gasteiger partial charge in [-0.15, -0.1) is 0 Å². The number of aromatic amines is 1. The van der Waals surface area contributed by atoms with Crippen LogP contribution in [0.5, 0.6) is 0 Å². The van der Waals surface area contributed by atoms with E-state index in [1.807, 2.05) is 11.7 Å². The summed E-state index contributed by atoms with van der Waals surface area (Å²) < 4.78 is 1.83. The normalized spacial score (nSPS) is 19.1. The predicted octanol–water partition coefficient (Wildman–Crippen LogP) is 3.00. The lowest BCUT2D eigenvalue weighted by molar-refractivity contribution is 0.331. The van der Waals surface area contributed by atoms with Crippen LogP contribution in [-0.2, 0) is 13.5 Å². The van der Waals surface area contributed by atoms with Gasteiger partial charge in [0.2, 0.25) is 5.95 Å². The summed E-state index contributed by atoms with van der Waals surface area (Å²) in [4.78, 5) is 23.3. The highest BCUT2D eigenvalue weighted by molar-refractivity contribution is 5.77. The Hall–Kier alpha value is -1.89. The monoisotopic (exact) mass is 400 g/mol. The number of hydrogen-bond donors (Lipinski definition) is 2. The largest absolute Gasteiger partial charge is 0.342 e. The number of rotatable bonds is 7. The van der Waals surface area contributed by atoms with E-state index in [1.165, 1.54) is 44.9 Å². The number of nitrogens with zero attached hydrogens (tertiary/aromatic N) is 4. The maximum absolute atomic E-state index is 12.9. The molecule has 1 aliphatic carbocycles. The van der Waals surface area contributed by atoms with E-state index < -0.39 is 0 Å². The molecule has 0 amide bonds. The van der Waals surface area contributed by atoms with Crippen molar-refractivity contribution in [2.45, 2.75) is 64.7 Å². The van der Waals surface area contributed by atoms with Crippen LogP contribution in [0.25, 0.3) is 11.0 Å². The number of piperidine rings is 1. The average molecular weight is 401 g/mol. The fourth-order valence-electron chi connectivity index (χ4n) is 5.08. The van der Waals surface area contributed by atoms with Crippen LogP contribution in [0.2, 0.25) is 0 Å². The summed E-state index contributed by atoms with van der Waals surface area (Å²) in [6.07, 6.45) is 10.9. The second kappa shape index (κ2) is 9.28. The highest BCUT2D eigenvalue weighted by atomic mass is 16.1. The van der Waals surface area contributed by atoms with E-state index in [9.17, 15) is 4.79 Å². The number of aryl methyl sites for hydroxylation is 2. The maximum atomic E-state index is 12.9.